The van der Waals surface area contributed by atoms with Crippen molar-refractivity contribution in [1.82, 2.24) is 4.90 Å². The molecule has 0 spiro atoms. The van der Waals surface area contributed by atoms with Crippen molar-refractivity contribution in [1.29, 1.82) is 0 Å². The van der Waals surface area contributed by atoms with E-state index in [9.17, 15) is 14.4 Å². The Hall–Kier alpha value is -3.77. The summed E-state index contributed by atoms with van der Waals surface area (Å²) in [5.74, 6) is -0.409. The molecule has 2 bridgehead atoms. The fourth-order valence-electron chi connectivity index (χ4n) is 6.42. The molecule has 37 heavy (non-hydrogen) atoms. The van der Waals surface area contributed by atoms with Gasteiger partial charge in [-0.1, -0.05) is 48.5 Å². The fraction of sp³-hybridized carbons (Fsp3) is 0.323. The molecule has 4 aliphatic rings. The van der Waals surface area contributed by atoms with E-state index in [0.717, 1.165) is 36.0 Å². The molecule has 6 nitrogen and oxygen atoms in total. The van der Waals surface area contributed by atoms with Gasteiger partial charge in [-0.2, -0.15) is 0 Å². The summed E-state index contributed by atoms with van der Waals surface area (Å²) in [6, 6.07) is 19.5. The lowest BCUT2D eigenvalue weighted by molar-refractivity contribution is -0.264. The number of imide groups is 1. The minimum absolute atomic E-state index is 0.117. The SMILES string of the molecule is O=C1CCCC2=C1C1OC(CCCCN3C(=O)c4ccccc4C3=O)(Cc3c1ccc1ccccc31)O2. The van der Waals surface area contributed by atoms with Crippen LogP contribution in [0.25, 0.3) is 10.8 Å². The summed E-state index contributed by atoms with van der Waals surface area (Å²) < 4.78 is 13.2. The van der Waals surface area contributed by atoms with Crippen molar-refractivity contribution < 1.29 is 23.9 Å². The number of hydrogen-bond acceptors (Lipinski definition) is 5. The van der Waals surface area contributed by atoms with Gasteiger partial charge in [-0.3, -0.25) is 19.3 Å². The monoisotopic (exact) mass is 493 g/mol. The lowest BCUT2D eigenvalue weighted by Gasteiger charge is -2.48. The van der Waals surface area contributed by atoms with Gasteiger partial charge in [-0.15, -0.1) is 0 Å². The molecule has 3 aromatic carbocycles. The molecule has 3 aromatic rings. The fourth-order valence-corrected chi connectivity index (χ4v) is 6.42. The number of Topliss-reactive ketones (excluding diaryl/α,β-unsaturated/α-hetero) is 1. The molecule has 0 saturated carbocycles. The van der Waals surface area contributed by atoms with E-state index in [-0.39, 0.29) is 17.6 Å². The summed E-state index contributed by atoms with van der Waals surface area (Å²) in [6.07, 6.45) is 4.23. The van der Waals surface area contributed by atoms with Gasteiger partial charge in [0, 0.05) is 32.2 Å². The summed E-state index contributed by atoms with van der Waals surface area (Å²) in [7, 11) is 0. The molecule has 0 radical (unpaired) electrons. The van der Waals surface area contributed by atoms with Crippen LogP contribution in [0.3, 0.4) is 0 Å². The maximum absolute atomic E-state index is 13.0. The quantitative estimate of drug-likeness (QED) is 0.339. The van der Waals surface area contributed by atoms with E-state index in [4.69, 9.17) is 9.47 Å². The third kappa shape index (κ3) is 3.46. The standard InChI is InChI=1S/C31H27NO5/c33-25-12-7-13-26-27(25)28-21-15-14-19-8-1-2-9-20(19)24(21)18-31(36-26,37-28)16-5-6-17-32-29(34)22-10-3-4-11-23(22)30(32)35/h1-4,8-11,14-15,28H,5-7,12-13,16-18H2. The van der Waals surface area contributed by atoms with E-state index >= 15 is 0 Å². The molecule has 2 amide bonds. The Kier molecular flexibility index (Phi) is 5.08. The number of ketones is 1. The average molecular weight is 494 g/mol. The number of allylic oxidation sites excluding steroid dienone is 1. The number of amides is 2. The van der Waals surface area contributed by atoms with Crippen LogP contribution in [0.4, 0.5) is 0 Å². The first-order valence-corrected chi connectivity index (χ1v) is 13.1. The van der Waals surface area contributed by atoms with Crippen LogP contribution in [0.1, 0.15) is 76.5 Å². The Labute approximate surface area is 214 Å². The summed E-state index contributed by atoms with van der Waals surface area (Å²) in [5.41, 5.74) is 3.88. The Morgan fingerprint density at radius 3 is 2.43 bits per heavy atom. The largest absolute Gasteiger partial charge is 0.466 e. The van der Waals surface area contributed by atoms with Gasteiger partial charge in [0.1, 0.15) is 11.9 Å². The predicted octanol–water partition coefficient (Wildman–Crippen LogP) is 5.65. The number of rotatable bonds is 5. The third-order valence-corrected chi connectivity index (χ3v) is 8.19. The maximum Gasteiger partial charge on any atom is 0.261 e. The smallest absolute Gasteiger partial charge is 0.261 e. The highest BCUT2D eigenvalue weighted by Crippen LogP contribution is 2.52. The van der Waals surface area contributed by atoms with Crippen LogP contribution in [0, 0.1) is 0 Å². The average Bonchev–Trinajstić information content (AvgIpc) is 3.16. The number of hydrogen-bond donors (Lipinski definition) is 0. The second-order valence-electron chi connectivity index (χ2n) is 10.4. The number of carbonyl (C=O) groups excluding carboxylic acids is 3. The van der Waals surface area contributed by atoms with Gasteiger partial charge in [-0.25, -0.2) is 0 Å². The second kappa shape index (κ2) is 8.38. The number of ether oxygens (including phenoxy) is 2. The highest BCUT2D eigenvalue weighted by atomic mass is 16.7. The lowest BCUT2D eigenvalue weighted by Crippen LogP contribution is -2.48. The molecule has 2 atom stereocenters. The van der Waals surface area contributed by atoms with Crippen molar-refractivity contribution >= 4 is 28.4 Å². The van der Waals surface area contributed by atoms with Gasteiger partial charge >= 0.3 is 0 Å². The van der Waals surface area contributed by atoms with Crippen LogP contribution in [0.15, 0.2) is 72.0 Å². The first-order chi connectivity index (χ1) is 18.0. The lowest BCUT2D eigenvalue weighted by atomic mass is 9.79. The molecular formula is C31H27NO5. The summed E-state index contributed by atoms with van der Waals surface area (Å²) in [5, 5.41) is 2.32. The van der Waals surface area contributed by atoms with E-state index in [2.05, 4.69) is 24.3 Å². The van der Waals surface area contributed by atoms with Crippen LogP contribution >= 0.6 is 0 Å². The van der Waals surface area contributed by atoms with Gasteiger partial charge in [0.15, 0.2) is 5.78 Å². The van der Waals surface area contributed by atoms with Crippen molar-refractivity contribution in [2.75, 3.05) is 6.54 Å². The molecule has 0 fully saturated rings. The highest BCUT2D eigenvalue weighted by Gasteiger charge is 2.50. The topological polar surface area (TPSA) is 72.9 Å². The normalized spacial score (nSPS) is 24.2. The molecule has 0 saturated heterocycles. The van der Waals surface area contributed by atoms with E-state index in [0.29, 0.717) is 48.9 Å². The molecule has 186 valence electrons. The van der Waals surface area contributed by atoms with Crippen LogP contribution in [-0.4, -0.2) is 34.8 Å². The van der Waals surface area contributed by atoms with Gasteiger partial charge in [-0.05, 0) is 53.3 Å². The van der Waals surface area contributed by atoms with Crippen LogP contribution in [-0.2, 0) is 20.7 Å². The van der Waals surface area contributed by atoms with Gasteiger partial charge < -0.3 is 9.47 Å². The molecule has 7 rings (SSSR count). The Morgan fingerprint density at radius 2 is 1.62 bits per heavy atom. The Morgan fingerprint density at radius 1 is 0.865 bits per heavy atom. The number of fused-ring (bicyclic) bond motifs is 8. The van der Waals surface area contributed by atoms with E-state index < -0.39 is 11.9 Å². The molecule has 3 heterocycles. The molecule has 0 aromatic heterocycles. The minimum atomic E-state index is -0.861. The van der Waals surface area contributed by atoms with Crippen molar-refractivity contribution in [2.24, 2.45) is 0 Å². The van der Waals surface area contributed by atoms with E-state index in [1.54, 1.807) is 24.3 Å². The number of benzene rings is 3. The Balaban J connectivity index is 1.16. The number of unbranched alkanes of at least 4 members (excludes halogenated alkanes) is 1. The van der Waals surface area contributed by atoms with Crippen molar-refractivity contribution in [3.05, 3.63) is 94.2 Å². The maximum atomic E-state index is 13.0. The molecule has 6 heteroatoms. The number of carbonyl (C=O) groups is 3. The first-order valence-electron chi connectivity index (χ1n) is 13.1. The second-order valence-corrected chi connectivity index (χ2v) is 10.4. The van der Waals surface area contributed by atoms with Gasteiger partial charge in [0.2, 0.25) is 5.79 Å². The number of nitrogens with zero attached hydrogens (tertiary/aromatic N) is 1. The predicted molar refractivity (Wildman–Crippen MR) is 137 cm³/mol. The molecule has 1 aliphatic carbocycles. The molecule has 3 aliphatic heterocycles. The summed E-state index contributed by atoms with van der Waals surface area (Å²) in [4.78, 5) is 39.8. The molecule has 2 unspecified atom stereocenters. The Bertz CT molecular complexity index is 1490. The zero-order valence-electron chi connectivity index (χ0n) is 20.5. The van der Waals surface area contributed by atoms with Gasteiger partial charge in [0.05, 0.1) is 16.7 Å². The zero-order valence-corrected chi connectivity index (χ0v) is 20.5. The van der Waals surface area contributed by atoms with E-state index in [1.807, 2.05) is 12.1 Å². The highest BCUT2D eigenvalue weighted by molar-refractivity contribution is 6.21. The van der Waals surface area contributed by atoms with E-state index in [1.165, 1.54) is 15.8 Å². The first kappa shape index (κ1) is 22.4. The van der Waals surface area contributed by atoms with Crippen molar-refractivity contribution in [2.45, 2.75) is 56.8 Å². The minimum Gasteiger partial charge on any atom is -0.466 e. The van der Waals surface area contributed by atoms with Crippen LogP contribution in [0.2, 0.25) is 0 Å². The van der Waals surface area contributed by atoms with Gasteiger partial charge in [0.25, 0.3) is 11.8 Å². The van der Waals surface area contributed by atoms with Crippen molar-refractivity contribution in [3.63, 3.8) is 0 Å². The molecular weight excluding hydrogens is 466 g/mol. The zero-order chi connectivity index (χ0) is 25.1. The molecule has 0 N–H and O–H groups in total. The third-order valence-electron chi connectivity index (χ3n) is 8.19. The van der Waals surface area contributed by atoms with Crippen molar-refractivity contribution in [3.8, 4) is 0 Å². The summed E-state index contributed by atoms with van der Waals surface area (Å²) >= 11 is 0. The van der Waals surface area contributed by atoms with Crippen LogP contribution in [0.5, 0.6) is 0 Å². The van der Waals surface area contributed by atoms with Crippen LogP contribution < -0.4 is 0 Å². The summed E-state index contributed by atoms with van der Waals surface area (Å²) in [6.45, 7) is 0.359.